The number of carbonyl (C=O) groups excluding carboxylic acids is 1. The van der Waals surface area contributed by atoms with Gasteiger partial charge in [-0.3, -0.25) is 4.79 Å². The molecule has 0 aliphatic carbocycles. The van der Waals surface area contributed by atoms with Crippen LogP contribution in [0, 0.1) is 0 Å². The smallest absolute Gasteiger partial charge is 0.338 e. The molecule has 0 spiro atoms. The van der Waals surface area contributed by atoms with Gasteiger partial charge in [0, 0.05) is 12.3 Å². The molecule has 0 saturated heterocycles. The first-order valence-electron chi connectivity index (χ1n) is 6.22. The van der Waals surface area contributed by atoms with Gasteiger partial charge >= 0.3 is 5.97 Å². The SMILES string of the molecule is CCOC(=O)c1cccc(Cn2cc(Cl)ccc2=O)c1. The van der Waals surface area contributed by atoms with Gasteiger partial charge in [0.05, 0.1) is 23.7 Å². The highest BCUT2D eigenvalue weighted by molar-refractivity contribution is 6.30. The van der Waals surface area contributed by atoms with Gasteiger partial charge in [-0.2, -0.15) is 0 Å². The topological polar surface area (TPSA) is 48.3 Å². The van der Waals surface area contributed by atoms with Crippen LogP contribution < -0.4 is 5.56 Å². The summed E-state index contributed by atoms with van der Waals surface area (Å²) in [5.74, 6) is -0.368. The van der Waals surface area contributed by atoms with Gasteiger partial charge in [-0.1, -0.05) is 23.7 Å². The zero-order valence-corrected chi connectivity index (χ0v) is 11.8. The predicted octanol–water partition coefficient (Wildman–Crippen LogP) is 2.73. The Morgan fingerprint density at radius 2 is 2.10 bits per heavy atom. The number of hydrogen-bond acceptors (Lipinski definition) is 3. The summed E-state index contributed by atoms with van der Waals surface area (Å²) < 4.78 is 6.44. The highest BCUT2D eigenvalue weighted by Gasteiger charge is 2.07. The molecular formula is C15H14ClNO3. The van der Waals surface area contributed by atoms with Crippen LogP contribution in [0.4, 0.5) is 0 Å². The Morgan fingerprint density at radius 3 is 2.85 bits per heavy atom. The Hall–Kier alpha value is -2.07. The number of nitrogens with zero attached hydrogens (tertiary/aromatic N) is 1. The van der Waals surface area contributed by atoms with E-state index in [4.69, 9.17) is 16.3 Å². The molecule has 104 valence electrons. The number of ether oxygens (including phenoxy) is 1. The maximum atomic E-state index is 11.7. The maximum absolute atomic E-state index is 11.7. The van der Waals surface area contributed by atoms with Gasteiger partial charge in [-0.05, 0) is 30.7 Å². The molecule has 2 aromatic rings. The third-order valence-corrected chi connectivity index (χ3v) is 2.96. The Kier molecular flexibility index (Phi) is 4.58. The average Bonchev–Trinajstić information content (AvgIpc) is 2.43. The minimum atomic E-state index is -0.368. The van der Waals surface area contributed by atoms with Gasteiger partial charge < -0.3 is 9.30 Å². The van der Waals surface area contributed by atoms with Crippen LogP contribution in [0.5, 0.6) is 0 Å². The van der Waals surface area contributed by atoms with Gasteiger partial charge in [0.25, 0.3) is 5.56 Å². The summed E-state index contributed by atoms with van der Waals surface area (Å²) in [4.78, 5) is 23.4. The van der Waals surface area contributed by atoms with Crippen molar-refractivity contribution in [2.24, 2.45) is 0 Å². The lowest BCUT2D eigenvalue weighted by molar-refractivity contribution is 0.0526. The van der Waals surface area contributed by atoms with E-state index in [0.29, 0.717) is 23.7 Å². The van der Waals surface area contributed by atoms with Crippen LogP contribution in [0.25, 0.3) is 0 Å². The number of halogens is 1. The molecule has 0 unspecified atom stereocenters. The van der Waals surface area contributed by atoms with E-state index in [1.165, 1.54) is 10.6 Å². The summed E-state index contributed by atoms with van der Waals surface area (Å²) in [7, 11) is 0. The largest absolute Gasteiger partial charge is 0.462 e. The van der Waals surface area contributed by atoms with Crippen molar-refractivity contribution in [1.29, 1.82) is 0 Å². The van der Waals surface area contributed by atoms with Gasteiger partial charge in [-0.25, -0.2) is 4.79 Å². The second kappa shape index (κ2) is 6.39. The molecule has 1 heterocycles. The first-order chi connectivity index (χ1) is 9.60. The number of rotatable bonds is 4. The van der Waals surface area contributed by atoms with Crippen LogP contribution in [-0.2, 0) is 11.3 Å². The fourth-order valence-corrected chi connectivity index (χ4v) is 2.01. The lowest BCUT2D eigenvalue weighted by Crippen LogP contribution is -2.18. The Labute approximate surface area is 121 Å². The monoisotopic (exact) mass is 291 g/mol. The molecule has 0 bridgehead atoms. The van der Waals surface area contributed by atoms with Crippen LogP contribution in [0.2, 0.25) is 5.02 Å². The summed E-state index contributed by atoms with van der Waals surface area (Å²) in [6.45, 7) is 2.44. The lowest BCUT2D eigenvalue weighted by Gasteiger charge is -2.08. The maximum Gasteiger partial charge on any atom is 0.338 e. The molecule has 0 fully saturated rings. The van der Waals surface area contributed by atoms with E-state index in [-0.39, 0.29) is 11.5 Å². The van der Waals surface area contributed by atoms with Crippen LogP contribution in [0.3, 0.4) is 0 Å². The van der Waals surface area contributed by atoms with Crippen molar-refractivity contribution in [3.05, 3.63) is 69.1 Å². The van der Waals surface area contributed by atoms with E-state index in [2.05, 4.69) is 0 Å². The minimum absolute atomic E-state index is 0.143. The summed E-state index contributed by atoms with van der Waals surface area (Å²) >= 11 is 5.87. The molecular weight excluding hydrogens is 278 g/mol. The molecule has 0 saturated carbocycles. The summed E-state index contributed by atoms with van der Waals surface area (Å²) in [5, 5.41) is 0.492. The Morgan fingerprint density at radius 1 is 1.30 bits per heavy atom. The van der Waals surface area contributed by atoms with Crippen molar-refractivity contribution in [3.63, 3.8) is 0 Å². The van der Waals surface area contributed by atoms with Crippen molar-refractivity contribution >= 4 is 17.6 Å². The second-order valence-corrected chi connectivity index (χ2v) is 4.67. The summed E-state index contributed by atoms with van der Waals surface area (Å²) in [6.07, 6.45) is 1.57. The van der Waals surface area contributed by atoms with Crippen molar-refractivity contribution in [3.8, 4) is 0 Å². The molecule has 2 rings (SSSR count). The van der Waals surface area contributed by atoms with Crippen LogP contribution >= 0.6 is 11.6 Å². The molecule has 1 aromatic carbocycles. The molecule has 0 aliphatic heterocycles. The second-order valence-electron chi connectivity index (χ2n) is 4.23. The van der Waals surface area contributed by atoms with E-state index in [0.717, 1.165) is 5.56 Å². The summed E-state index contributed by atoms with van der Waals surface area (Å²) in [5.41, 5.74) is 1.16. The van der Waals surface area contributed by atoms with Gasteiger partial charge in [0.15, 0.2) is 0 Å². The first kappa shape index (κ1) is 14.3. The normalized spacial score (nSPS) is 10.3. The van der Waals surface area contributed by atoms with E-state index < -0.39 is 0 Å². The molecule has 5 heteroatoms. The number of aromatic nitrogens is 1. The van der Waals surface area contributed by atoms with Crippen LogP contribution in [0.1, 0.15) is 22.8 Å². The fourth-order valence-electron chi connectivity index (χ4n) is 1.83. The zero-order chi connectivity index (χ0) is 14.5. The minimum Gasteiger partial charge on any atom is -0.462 e. The van der Waals surface area contributed by atoms with Gasteiger partial charge in [0.1, 0.15) is 0 Å². The number of carbonyl (C=O) groups is 1. The molecule has 0 aliphatic rings. The Balaban J connectivity index is 2.26. The standard InChI is InChI=1S/C15H14ClNO3/c1-2-20-15(19)12-5-3-4-11(8-12)9-17-10-13(16)6-7-14(17)18/h3-8,10H,2,9H2,1H3. The van der Waals surface area contributed by atoms with E-state index in [1.807, 2.05) is 6.07 Å². The molecule has 0 amide bonds. The highest BCUT2D eigenvalue weighted by atomic mass is 35.5. The Bertz CT molecular complexity index is 679. The van der Waals surface area contributed by atoms with Crippen LogP contribution in [0.15, 0.2) is 47.4 Å². The van der Waals surface area contributed by atoms with Crippen molar-refractivity contribution in [2.45, 2.75) is 13.5 Å². The zero-order valence-electron chi connectivity index (χ0n) is 11.0. The number of pyridine rings is 1. The lowest BCUT2D eigenvalue weighted by atomic mass is 10.1. The third kappa shape index (κ3) is 3.48. The summed E-state index contributed by atoms with van der Waals surface area (Å²) in [6, 6.07) is 9.97. The molecule has 20 heavy (non-hydrogen) atoms. The van der Waals surface area contributed by atoms with Gasteiger partial charge in [0.2, 0.25) is 0 Å². The first-order valence-corrected chi connectivity index (χ1v) is 6.60. The van der Waals surface area contributed by atoms with Crippen molar-refractivity contribution in [2.75, 3.05) is 6.61 Å². The molecule has 1 aromatic heterocycles. The molecule has 0 N–H and O–H groups in total. The number of benzene rings is 1. The molecule has 4 nitrogen and oxygen atoms in total. The molecule has 0 atom stereocenters. The highest BCUT2D eigenvalue weighted by Crippen LogP contribution is 2.10. The predicted molar refractivity (Wildman–Crippen MR) is 77.2 cm³/mol. The third-order valence-electron chi connectivity index (χ3n) is 2.74. The average molecular weight is 292 g/mol. The van der Waals surface area contributed by atoms with E-state index in [1.54, 1.807) is 37.4 Å². The van der Waals surface area contributed by atoms with Crippen molar-refractivity contribution < 1.29 is 9.53 Å². The number of hydrogen-bond donors (Lipinski definition) is 0. The van der Waals surface area contributed by atoms with E-state index in [9.17, 15) is 9.59 Å². The van der Waals surface area contributed by atoms with Crippen LogP contribution in [-0.4, -0.2) is 17.1 Å². The quantitative estimate of drug-likeness (QED) is 0.814. The number of esters is 1. The van der Waals surface area contributed by atoms with Gasteiger partial charge in [-0.15, -0.1) is 0 Å². The van der Waals surface area contributed by atoms with E-state index >= 15 is 0 Å². The van der Waals surface area contributed by atoms with Crippen molar-refractivity contribution in [1.82, 2.24) is 4.57 Å². The fraction of sp³-hybridized carbons (Fsp3) is 0.200. The molecule has 0 radical (unpaired) electrons.